The standard InChI is InChI=1S/C12H11ClN4O4/c1-20-8-5-6(3-4-7(8)9(18)19)14-11-15-10(13)16-12(17-11)21-2/h3-5H,1-2H3,(H,18,19)(H,14,15,16,17). The monoisotopic (exact) mass is 310 g/mol. The van der Waals surface area contributed by atoms with E-state index in [1.54, 1.807) is 6.07 Å². The lowest BCUT2D eigenvalue weighted by Gasteiger charge is -2.09. The van der Waals surface area contributed by atoms with Crippen LogP contribution in [0.1, 0.15) is 10.4 Å². The van der Waals surface area contributed by atoms with Gasteiger partial charge in [0.1, 0.15) is 11.3 Å². The summed E-state index contributed by atoms with van der Waals surface area (Å²) in [4.78, 5) is 22.6. The lowest BCUT2D eigenvalue weighted by Crippen LogP contribution is -2.04. The molecule has 0 aliphatic heterocycles. The van der Waals surface area contributed by atoms with Gasteiger partial charge in [0.15, 0.2) is 0 Å². The fraction of sp³-hybridized carbons (Fsp3) is 0.167. The summed E-state index contributed by atoms with van der Waals surface area (Å²) in [7, 11) is 2.79. The molecular formula is C12H11ClN4O4. The number of carbonyl (C=O) groups is 1. The van der Waals surface area contributed by atoms with Gasteiger partial charge in [0.25, 0.3) is 0 Å². The lowest BCUT2D eigenvalue weighted by molar-refractivity contribution is 0.0693. The van der Waals surface area contributed by atoms with Crippen LogP contribution in [0.15, 0.2) is 18.2 Å². The highest BCUT2D eigenvalue weighted by atomic mass is 35.5. The van der Waals surface area contributed by atoms with Crippen molar-refractivity contribution in [1.82, 2.24) is 15.0 Å². The first-order valence-corrected chi connectivity index (χ1v) is 6.05. The molecule has 0 unspecified atom stereocenters. The zero-order chi connectivity index (χ0) is 15.4. The van der Waals surface area contributed by atoms with Crippen LogP contribution in [-0.2, 0) is 0 Å². The van der Waals surface area contributed by atoms with Gasteiger partial charge in [-0.1, -0.05) is 0 Å². The first-order chi connectivity index (χ1) is 10.0. The second-order valence-electron chi connectivity index (χ2n) is 3.76. The molecule has 0 saturated carbocycles. The molecule has 0 aliphatic carbocycles. The number of ether oxygens (including phenoxy) is 2. The van der Waals surface area contributed by atoms with Crippen molar-refractivity contribution in [3.63, 3.8) is 0 Å². The van der Waals surface area contributed by atoms with Gasteiger partial charge in [-0.2, -0.15) is 15.0 Å². The van der Waals surface area contributed by atoms with Gasteiger partial charge in [0, 0.05) is 11.8 Å². The number of carboxylic acid groups (broad SMARTS) is 1. The maximum absolute atomic E-state index is 11.0. The average molecular weight is 311 g/mol. The van der Waals surface area contributed by atoms with E-state index in [1.807, 2.05) is 0 Å². The summed E-state index contributed by atoms with van der Waals surface area (Å²) in [5.74, 6) is -0.708. The largest absolute Gasteiger partial charge is 0.496 e. The highest BCUT2D eigenvalue weighted by Crippen LogP contribution is 2.25. The average Bonchev–Trinajstić information content (AvgIpc) is 2.46. The number of methoxy groups -OCH3 is 2. The molecular weight excluding hydrogens is 300 g/mol. The molecule has 0 radical (unpaired) electrons. The zero-order valence-electron chi connectivity index (χ0n) is 11.1. The molecule has 0 atom stereocenters. The Labute approximate surface area is 124 Å². The van der Waals surface area contributed by atoms with Crippen LogP contribution in [0.5, 0.6) is 11.8 Å². The molecule has 110 valence electrons. The van der Waals surface area contributed by atoms with E-state index in [4.69, 9.17) is 26.2 Å². The molecule has 21 heavy (non-hydrogen) atoms. The van der Waals surface area contributed by atoms with E-state index in [9.17, 15) is 4.79 Å². The second kappa shape index (κ2) is 6.23. The van der Waals surface area contributed by atoms with Crippen LogP contribution < -0.4 is 14.8 Å². The predicted molar refractivity (Wildman–Crippen MR) is 74.6 cm³/mol. The van der Waals surface area contributed by atoms with Gasteiger partial charge in [-0.25, -0.2) is 4.79 Å². The molecule has 0 saturated heterocycles. The van der Waals surface area contributed by atoms with Crippen LogP contribution in [0.2, 0.25) is 5.28 Å². The lowest BCUT2D eigenvalue weighted by atomic mass is 10.2. The van der Waals surface area contributed by atoms with Gasteiger partial charge in [0.2, 0.25) is 11.2 Å². The SMILES string of the molecule is COc1nc(Cl)nc(Nc2ccc(C(=O)O)c(OC)c2)n1. The van der Waals surface area contributed by atoms with Crippen molar-refractivity contribution in [2.45, 2.75) is 0 Å². The van der Waals surface area contributed by atoms with E-state index < -0.39 is 5.97 Å². The van der Waals surface area contributed by atoms with E-state index in [0.717, 1.165) is 0 Å². The van der Waals surface area contributed by atoms with Crippen molar-refractivity contribution in [2.75, 3.05) is 19.5 Å². The number of hydrogen-bond acceptors (Lipinski definition) is 7. The van der Waals surface area contributed by atoms with Gasteiger partial charge >= 0.3 is 12.0 Å². The molecule has 1 heterocycles. The van der Waals surface area contributed by atoms with E-state index in [2.05, 4.69) is 20.3 Å². The van der Waals surface area contributed by atoms with E-state index in [0.29, 0.717) is 5.69 Å². The van der Waals surface area contributed by atoms with Crippen molar-refractivity contribution in [1.29, 1.82) is 0 Å². The first-order valence-electron chi connectivity index (χ1n) is 5.67. The Kier molecular flexibility index (Phi) is 4.39. The van der Waals surface area contributed by atoms with Crippen LogP contribution in [0.25, 0.3) is 0 Å². The van der Waals surface area contributed by atoms with Crippen LogP contribution in [0, 0.1) is 0 Å². The summed E-state index contributed by atoms with van der Waals surface area (Å²) < 4.78 is 9.91. The van der Waals surface area contributed by atoms with Crippen LogP contribution >= 0.6 is 11.6 Å². The van der Waals surface area contributed by atoms with E-state index >= 15 is 0 Å². The van der Waals surface area contributed by atoms with Gasteiger partial charge in [0.05, 0.1) is 14.2 Å². The summed E-state index contributed by atoms with van der Waals surface area (Å²) in [5, 5.41) is 11.8. The van der Waals surface area contributed by atoms with Gasteiger partial charge < -0.3 is 19.9 Å². The fourth-order valence-corrected chi connectivity index (χ4v) is 1.71. The van der Waals surface area contributed by atoms with E-state index in [1.165, 1.54) is 26.4 Å². The Morgan fingerprint density at radius 1 is 1.24 bits per heavy atom. The minimum Gasteiger partial charge on any atom is -0.496 e. The molecule has 0 aliphatic rings. The van der Waals surface area contributed by atoms with Crippen LogP contribution in [0.3, 0.4) is 0 Å². The Morgan fingerprint density at radius 2 is 2.00 bits per heavy atom. The zero-order valence-corrected chi connectivity index (χ0v) is 11.9. The maximum atomic E-state index is 11.0. The molecule has 1 aromatic carbocycles. The van der Waals surface area contributed by atoms with Gasteiger partial charge in [-0.15, -0.1) is 0 Å². The third-order valence-electron chi connectivity index (χ3n) is 2.46. The maximum Gasteiger partial charge on any atom is 0.339 e. The number of rotatable bonds is 5. The summed E-state index contributed by atoms with van der Waals surface area (Å²) in [5.41, 5.74) is 0.579. The molecule has 1 aromatic heterocycles. The minimum atomic E-state index is -1.08. The Balaban J connectivity index is 2.31. The number of benzene rings is 1. The van der Waals surface area contributed by atoms with Crippen molar-refractivity contribution >= 4 is 29.2 Å². The molecule has 9 heteroatoms. The highest BCUT2D eigenvalue weighted by molar-refractivity contribution is 6.28. The molecule has 0 spiro atoms. The van der Waals surface area contributed by atoms with Crippen LogP contribution in [-0.4, -0.2) is 40.2 Å². The third kappa shape index (κ3) is 3.48. The first kappa shape index (κ1) is 14.8. The van der Waals surface area contributed by atoms with E-state index in [-0.39, 0.29) is 28.6 Å². The summed E-state index contributed by atoms with van der Waals surface area (Å²) in [6.45, 7) is 0. The number of nitrogens with one attached hydrogen (secondary N) is 1. The number of aromatic nitrogens is 3. The highest BCUT2D eigenvalue weighted by Gasteiger charge is 2.12. The smallest absolute Gasteiger partial charge is 0.339 e. The number of carboxylic acids is 1. The fourth-order valence-electron chi connectivity index (χ4n) is 1.55. The Bertz CT molecular complexity index is 680. The molecule has 2 aromatic rings. The third-order valence-corrected chi connectivity index (χ3v) is 2.63. The molecule has 0 amide bonds. The Hall–Kier alpha value is -2.61. The number of anilines is 2. The summed E-state index contributed by atoms with van der Waals surface area (Å²) >= 11 is 5.74. The quantitative estimate of drug-likeness (QED) is 0.863. The van der Waals surface area contributed by atoms with Crippen molar-refractivity contribution in [2.24, 2.45) is 0 Å². The summed E-state index contributed by atoms with van der Waals surface area (Å²) in [6, 6.07) is 4.53. The molecule has 8 nitrogen and oxygen atoms in total. The number of nitrogens with zero attached hydrogens (tertiary/aromatic N) is 3. The summed E-state index contributed by atoms with van der Waals surface area (Å²) in [6.07, 6.45) is 0. The molecule has 0 fully saturated rings. The van der Waals surface area contributed by atoms with Crippen molar-refractivity contribution in [3.05, 3.63) is 29.0 Å². The topological polar surface area (TPSA) is 106 Å². The number of aromatic carboxylic acids is 1. The second-order valence-corrected chi connectivity index (χ2v) is 4.10. The Morgan fingerprint density at radius 3 is 2.62 bits per heavy atom. The molecule has 0 bridgehead atoms. The van der Waals surface area contributed by atoms with Gasteiger partial charge in [-0.3, -0.25) is 0 Å². The molecule has 2 N–H and O–H groups in total. The van der Waals surface area contributed by atoms with Crippen LogP contribution in [0.4, 0.5) is 11.6 Å². The minimum absolute atomic E-state index is 0.0292. The predicted octanol–water partition coefficient (Wildman–Crippen LogP) is 1.98. The molecule has 2 rings (SSSR count). The van der Waals surface area contributed by atoms with Gasteiger partial charge in [-0.05, 0) is 23.7 Å². The number of hydrogen-bond donors (Lipinski definition) is 2. The number of halogens is 1. The van der Waals surface area contributed by atoms with Crippen molar-refractivity contribution in [3.8, 4) is 11.8 Å². The van der Waals surface area contributed by atoms with Crippen molar-refractivity contribution < 1.29 is 19.4 Å². The normalized spacial score (nSPS) is 10.0.